The number of carbonyl (C=O) groups is 1. The maximum Gasteiger partial charge on any atom is 0.227 e. The van der Waals surface area contributed by atoms with Crippen LogP contribution in [0.15, 0.2) is 72.8 Å². The van der Waals surface area contributed by atoms with E-state index in [0.29, 0.717) is 30.3 Å². The summed E-state index contributed by atoms with van der Waals surface area (Å²) in [6.07, 6.45) is 0.595. The van der Waals surface area contributed by atoms with Crippen LogP contribution in [-0.2, 0) is 17.8 Å². The molecule has 35 heavy (non-hydrogen) atoms. The lowest BCUT2D eigenvalue weighted by Crippen LogP contribution is -2.26. The van der Waals surface area contributed by atoms with Crippen LogP contribution in [0.1, 0.15) is 30.7 Å². The lowest BCUT2D eigenvalue weighted by molar-refractivity contribution is -0.117. The van der Waals surface area contributed by atoms with Gasteiger partial charge in [0.15, 0.2) is 0 Å². The molecule has 5 rings (SSSR count). The average molecular weight is 490 g/mol. The first-order chi connectivity index (χ1) is 17.0. The number of aliphatic hydroxyl groups is 1. The highest BCUT2D eigenvalue weighted by Crippen LogP contribution is 2.33. The van der Waals surface area contributed by atoms with E-state index in [1.54, 1.807) is 24.3 Å². The number of fused-ring (bicyclic) bond motifs is 1. The second-order valence-electron chi connectivity index (χ2n) is 8.91. The van der Waals surface area contributed by atoms with Gasteiger partial charge in [0, 0.05) is 29.6 Å². The zero-order chi connectivity index (χ0) is 24.4. The van der Waals surface area contributed by atoms with Gasteiger partial charge in [0.05, 0.1) is 17.6 Å². The molecule has 1 aliphatic rings. The molecule has 1 amide bonds. The molecule has 2 atom stereocenters. The van der Waals surface area contributed by atoms with Crippen molar-refractivity contribution in [3.8, 4) is 5.75 Å². The molecule has 7 heteroatoms. The highest BCUT2D eigenvalue weighted by atomic mass is 35.5. The lowest BCUT2D eigenvalue weighted by Gasteiger charge is -2.19. The van der Waals surface area contributed by atoms with Crippen molar-refractivity contribution in [2.75, 3.05) is 18.1 Å². The van der Waals surface area contributed by atoms with Crippen LogP contribution in [0, 0.1) is 0 Å². The third-order valence-electron chi connectivity index (χ3n) is 6.48. The quantitative estimate of drug-likeness (QED) is 0.369. The SMILES string of the molecule is CCc1ccc(N2C[C@H](c3nc4ccccc4n3C[C@H](O)COc3ccc(Cl)cc3)CC2=O)cc1. The normalized spacial score (nSPS) is 16.7. The average Bonchev–Trinajstić information content (AvgIpc) is 3.44. The Morgan fingerprint density at radius 3 is 2.57 bits per heavy atom. The van der Waals surface area contributed by atoms with Crippen LogP contribution in [0.3, 0.4) is 0 Å². The number of hydrogen-bond donors (Lipinski definition) is 1. The third-order valence-corrected chi connectivity index (χ3v) is 6.73. The minimum atomic E-state index is -0.753. The number of imidazole rings is 1. The minimum Gasteiger partial charge on any atom is -0.491 e. The molecule has 0 saturated carbocycles. The predicted octanol–water partition coefficient (Wildman–Crippen LogP) is 5.21. The van der Waals surface area contributed by atoms with Crippen molar-refractivity contribution in [3.63, 3.8) is 0 Å². The van der Waals surface area contributed by atoms with Crippen LogP contribution in [0.5, 0.6) is 5.75 Å². The number of aryl methyl sites for hydroxylation is 1. The second kappa shape index (κ2) is 10.1. The molecule has 0 aliphatic carbocycles. The number of benzene rings is 3. The number of halogens is 1. The van der Waals surface area contributed by atoms with Gasteiger partial charge < -0.3 is 19.3 Å². The van der Waals surface area contributed by atoms with Gasteiger partial charge in [0.2, 0.25) is 5.91 Å². The molecule has 1 N–H and O–H groups in total. The van der Waals surface area contributed by atoms with Gasteiger partial charge in [-0.3, -0.25) is 4.79 Å². The van der Waals surface area contributed by atoms with Gasteiger partial charge in [-0.1, -0.05) is 42.8 Å². The van der Waals surface area contributed by atoms with Gasteiger partial charge in [-0.25, -0.2) is 4.98 Å². The zero-order valence-corrected chi connectivity index (χ0v) is 20.4. The predicted molar refractivity (Wildman–Crippen MR) is 138 cm³/mol. The van der Waals surface area contributed by atoms with Crippen molar-refractivity contribution in [1.29, 1.82) is 0 Å². The fourth-order valence-corrected chi connectivity index (χ4v) is 4.75. The van der Waals surface area contributed by atoms with E-state index < -0.39 is 6.10 Å². The van der Waals surface area contributed by atoms with E-state index in [2.05, 4.69) is 19.1 Å². The van der Waals surface area contributed by atoms with E-state index in [1.807, 2.05) is 45.9 Å². The molecular formula is C28H28ClN3O3. The summed E-state index contributed by atoms with van der Waals surface area (Å²) in [6.45, 7) is 3.13. The first-order valence-electron chi connectivity index (χ1n) is 11.9. The monoisotopic (exact) mass is 489 g/mol. The van der Waals surface area contributed by atoms with Crippen molar-refractivity contribution in [3.05, 3.63) is 89.2 Å². The van der Waals surface area contributed by atoms with Gasteiger partial charge >= 0.3 is 0 Å². The summed E-state index contributed by atoms with van der Waals surface area (Å²) in [5, 5.41) is 11.5. The van der Waals surface area contributed by atoms with Gasteiger partial charge in [0.25, 0.3) is 0 Å². The van der Waals surface area contributed by atoms with Crippen molar-refractivity contribution in [2.45, 2.75) is 38.3 Å². The fraction of sp³-hybridized carbons (Fsp3) is 0.286. The van der Waals surface area contributed by atoms with E-state index in [9.17, 15) is 9.90 Å². The van der Waals surface area contributed by atoms with E-state index in [-0.39, 0.29) is 18.4 Å². The number of rotatable bonds is 8. The zero-order valence-electron chi connectivity index (χ0n) is 19.6. The van der Waals surface area contributed by atoms with Crippen molar-refractivity contribution in [1.82, 2.24) is 9.55 Å². The van der Waals surface area contributed by atoms with E-state index in [1.165, 1.54) is 5.56 Å². The highest BCUT2D eigenvalue weighted by molar-refractivity contribution is 6.30. The Bertz CT molecular complexity index is 1320. The van der Waals surface area contributed by atoms with Gasteiger partial charge in [-0.2, -0.15) is 0 Å². The molecule has 0 spiro atoms. The smallest absolute Gasteiger partial charge is 0.227 e. The first kappa shape index (κ1) is 23.4. The molecule has 1 aliphatic heterocycles. The summed E-state index contributed by atoms with van der Waals surface area (Å²) < 4.78 is 7.79. The van der Waals surface area contributed by atoms with Crippen molar-refractivity contribution >= 4 is 34.2 Å². The third kappa shape index (κ3) is 5.04. The largest absolute Gasteiger partial charge is 0.491 e. The minimum absolute atomic E-state index is 0.0647. The summed E-state index contributed by atoms with van der Waals surface area (Å²) in [5.74, 6) is 1.49. The maximum absolute atomic E-state index is 13.0. The summed E-state index contributed by atoms with van der Waals surface area (Å²) in [6, 6.07) is 23.1. The number of para-hydroxylation sites is 2. The Hall–Kier alpha value is -3.35. The molecule has 0 radical (unpaired) electrons. The Kier molecular flexibility index (Phi) is 6.75. The summed E-state index contributed by atoms with van der Waals surface area (Å²) in [5.41, 5.74) is 3.94. The van der Waals surface area contributed by atoms with Gasteiger partial charge in [0.1, 0.15) is 24.3 Å². The number of aliphatic hydroxyl groups excluding tert-OH is 1. The standard InChI is InChI=1S/C28H28ClN3O3/c1-2-19-7-11-22(12-8-19)31-16-20(15-27(31)34)28-30-25-5-3-4-6-26(25)32(28)17-23(33)18-35-24-13-9-21(29)10-14-24/h3-14,20,23,33H,2,15-18H2,1H3/t20-,23+/m1/s1. The molecular weight excluding hydrogens is 462 g/mol. The van der Waals surface area contributed by atoms with Crippen LogP contribution in [-0.4, -0.2) is 39.8 Å². The van der Waals surface area contributed by atoms with Gasteiger partial charge in [-0.05, 0) is 60.5 Å². The van der Waals surface area contributed by atoms with Gasteiger partial charge in [-0.15, -0.1) is 0 Å². The molecule has 3 aromatic carbocycles. The number of carbonyl (C=O) groups excluding carboxylic acids is 1. The summed E-state index contributed by atoms with van der Waals surface area (Å²) in [4.78, 5) is 19.7. The first-order valence-corrected chi connectivity index (χ1v) is 12.3. The van der Waals surface area contributed by atoms with E-state index in [4.69, 9.17) is 21.3 Å². The van der Waals surface area contributed by atoms with Crippen LogP contribution in [0.4, 0.5) is 5.69 Å². The summed E-state index contributed by atoms with van der Waals surface area (Å²) >= 11 is 5.93. The maximum atomic E-state index is 13.0. The number of hydrogen-bond acceptors (Lipinski definition) is 4. The van der Waals surface area contributed by atoms with Crippen molar-refractivity contribution < 1.29 is 14.6 Å². The van der Waals surface area contributed by atoms with Crippen LogP contribution < -0.4 is 9.64 Å². The Labute approximate surface area is 209 Å². The van der Waals surface area contributed by atoms with E-state index >= 15 is 0 Å². The Balaban J connectivity index is 1.36. The number of ether oxygens (including phenoxy) is 1. The molecule has 1 fully saturated rings. The molecule has 6 nitrogen and oxygen atoms in total. The van der Waals surface area contributed by atoms with Crippen LogP contribution in [0.2, 0.25) is 5.02 Å². The summed E-state index contributed by atoms with van der Waals surface area (Å²) in [7, 11) is 0. The Morgan fingerprint density at radius 1 is 1.09 bits per heavy atom. The molecule has 2 heterocycles. The lowest BCUT2D eigenvalue weighted by atomic mass is 10.1. The number of aromatic nitrogens is 2. The molecule has 0 bridgehead atoms. The number of anilines is 1. The van der Waals surface area contributed by atoms with Crippen LogP contribution in [0.25, 0.3) is 11.0 Å². The van der Waals surface area contributed by atoms with E-state index in [0.717, 1.165) is 29.0 Å². The molecule has 1 aromatic heterocycles. The molecule has 1 saturated heterocycles. The van der Waals surface area contributed by atoms with Crippen LogP contribution >= 0.6 is 11.6 Å². The topological polar surface area (TPSA) is 67.6 Å². The number of nitrogens with zero attached hydrogens (tertiary/aromatic N) is 3. The molecule has 0 unspecified atom stereocenters. The molecule has 180 valence electrons. The number of amides is 1. The van der Waals surface area contributed by atoms with Crippen molar-refractivity contribution in [2.24, 2.45) is 0 Å². The highest BCUT2D eigenvalue weighted by Gasteiger charge is 2.35. The fourth-order valence-electron chi connectivity index (χ4n) is 4.63. The second-order valence-corrected chi connectivity index (χ2v) is 9.35. The molecule has 4 aromatic rings. The Morgan fingerprint density at radius 2 is 1.83 bits per heavy atom.